The van der Waals surface area contributed by atoms with Crippen molar-refractivity contribution in [3.63, 3.8) is 0 Å². The highest BCUT2D eigenvalue weighted by molar-refractivity contribution is 5.95. The first-order valence-electron chi connectivity index (χ1n) is 6.08. The molecule has 1 aromatic heterocycles. The molecule has 5 heteroatoms. The number of nitrogens with zero attached hydrogens (tertiary/aromatic N) is 2. The molecule has 0 fully saturated rings. The third-order valence-electron chi connectivity index (χ3n) is 2.83. The number of hydrogen-bond acceptors (Lipinski definition) is 4. The molecule has 0 aliphatic rings. The summed E-state index contributed by atoms with van der Waals surface area (Å²) < 4.78 is 5.18. The first-order valence-corrected chi connectivity index (χ1v) is 6.08. The Balaban J connectivity index is 3.09. The number of likely N-dealkylation sites (N-methyl/N-ethyl adjacent to an activating group) is 1. The fourth-order valence-electron chi connectivity index (χ4n) is 1.98. The predicted octanol–water partition coefficient (Wildman–Crippen LogP) is 1.54. The van der Waals surface area contributed by atoms with E-state index in [2.05, 4.69) is 23.7 Å². The minimum absolute atomic E-state index is 0.0668. The molecule has 0 radical (unpaired) electrons. The lowest BCUT2D eigenvalue weighted by molar-refractivity contribution is 0.181. The van der Waals surface area contributed by atoms with E-state index in [0.717, 1.165) is 18.1 Å². The number of ether oxygens (including phenoxy) is 1. The Hall–Kier alpha value is -1.62. The monoisotopic (exact) mass is 250 g/mol. The number of nitrogen functional groups attached to an aromatic ring is 1. The van der Waals surface area contributed by atoms with Crippen LogP contribution < -0.4 is 10.6 Å². The summed E-state index contributed by atoms with van der Waals surface area (Å²) in [5.41, 5.74) is 7.11. The first-order chi connectivity index (χ1) is 8.49. The van der Waals surface area contributed by atoms with E-state index in [1.54, 1.807) is 7.11 Å². The van der Waals surface area contributed by atoms with E-state index >= 15 is 0 Å². The Labute approximate surface area is 108 Å². The van der Waals surface area contributed by atoms with Gasteiger partial charge in [-0.3, -0.25) is 5.41 Å². The lowest BCUT2D eigenvalue weighted by Crippen LogP contribution is -2.37. The number of anilines is 1. The van der Waals surface area contributed by atoms with Crippen LogP contribution in [0.25, 0.3) is 0 Å². The third-order valence-corrected chi connectivity index (χ3v) is 2.83. The summed E-state index contributed by atoms with van der Waals surface area (Å²) in [6.07, 6.45) is 0. The van der Waals surface area contributed by atoms with Gasteiger partial charge >= 0.3 is 0 Å². The molecule has 0 spiro atoms. The molecule has 1 atom stereocenters. The summed E-state index contributed by atoms with van der Waals surface area (Å²) in [6, 6.07) is 3.90. The average molecular weight is 250 g/mol. The van der Waals surface area contributed by atoms with Crippen molar-refractivity contribution in [2.75, 3.05) is 25.2 Å². The Bertz CT molecular complexity index is 419. The van der Waals surface area contributed by atoms with Crippen LogP contribution in [0.2, 0.25) is 0 Å². The van der Waals surface area contributed by atoms with Crippen LogP contribution in [0.15, 0.2) is 12.1 Å². The average Bonchev–Trinajstić information content (AvgIpc) is 2.29. The quantitative estimate of drug-likeness (QED) is 0.593. The molecule has 1 aromatic rings. The molecule has 3 N–H and O–H groups in total. The number of rotatable bonds is 6. The zero-order chi connectivity index (χ0) is 13.7. The van der Waals surface area contributed by atoms with Crippen molar-refractivity contribution in [2.24, 2.45) is 5.73 Å². The maximum atomic E-state index is 7.52. The van der Waals surface area contributed by atoms with Gasteiger partial charge in [0.15, 0.2) is 0 Å². The molecule has 0 aliphatic carbocycles. The van der Waals surface area contributed by atoms with E-state index in [4.69, 9.17) is 15.9 Å². The van der Waals surface area contributed by atoms with Crippen LogP contribution in [0, 0.1) is 12.3 Å². The summed E-state index contributed by atoms with van der Waals surface area (Å²) >= 11 is 0. The van der Waals surface area contributed by atoms with Crippen LogP contribution >= 0.6 is 0 Å². The number of pyridine rings is 1. The number of methoxy groups -OCH3 is 1. The molecule has 0 amide bonds. The van der Waals surface area contributed by atoms with Gasteiger partial charge in [0.2, 0.25) is 0 Å². The first kappa shape index (κ1) is 14.4. The van der Waals surface area contributed by atoms with Gasteiger partial charge in [-0.25, -0.2) is 4.98 Å². The maximum absolute atomic E-state index is 7.52. The second kappa shape index (κ2) is 6.35. The molecule has 0 saturated carbocycles. The summed E-state index contributed by atoms with van der Waals surface area (Å²) in [4.78, 5) is 6.65. The van der Waals surface area contributed by atoms with Gasteiger partial charge in [0.1, 0.15) is 11.7 Å². The lowest BCUT2D eigenvalue weighted by Gasteiger charge is -2.29. The van der Waals surface area contributed by atoms with Gasteiger partial charge in [-0.05, 0) is 32.9 Å². The van der Waals surface area contributed by atoms with E-state index < -0.39 is 0 Å². The SMILES string of the molecule is CCN(c1cc(C(=N)N)cc(C)n1)C(C)COC. The van der Waals surface area contributed by atoms with E-state index in [1.165, 1.54) is 0 Å². The smallest absolute Gasteiger partial charge is 0.129 e. The van der Waals surface area contributed by atoms with E-state index in [1.807, 2.05) is 19.1 Å². The predicted molar refractivity (Wildman–Crippen MR) is 74.3 cm³/mol. The largest absolute Gasteiger partial charge is 0.384 e. The highest BCUT2D eigenvalue weighted by atomic mass is 16.5. The van der Waals surface area contributed by atoms with Crippen LogP contribution in [0.4, 0.5) is 5.82 Å². The van der Waals surface area contributed by atoms with Crippen LogP contribution in [-0.2, 0) is 4.74 Å². The van der Waals surface area contributed by atoms with Gasteiger partial charge in [-0.1, -0.05) is 0 Å². The number of nitrogens with one attached hydrogen (secondary N) is 1. The van der Waals surface area contributed by atoms with E-state index in [9.17, 15) is 0 Å². The fraction of sp³-hybridized carbons (Fsp3) is 0.538. The number of amidine groups is 1. The summed E-state index contributed by atoms with van der Waals surface area (Å²) in [7, 11) is 1.69. The molecule has 0 aliphatic heterocycles. The van der Waals surface area contributed by atoms with Crippen molar-refractivity contribution in [2.45, 2.75) is 26.8 Å². The fourth-order valence-corrected chi connectivity index (χ4v) is 1.98. The van der Waals surface area contributed by atoms with Gasteiger partial charge < -0.3 is 15.4 Å². The Morgan fingerprint density at radius 2 is 2.22 bits per heavy atom. The van der Waals surface area contributed by atoms with Crippen molar-refractivity contribution >= 4 is 11.7 Å². The van der Waals surface area contributed by atoms with Gasteiger partial charge in [-0.2, -0.15) is 0 Å². The van der Waals surface area contributed by atoms with Gasteiger partial charge in [0, 0.05) is 24.9 Å². The topological polar surface area (TPSA) is 75.2 Å². The molecule has 1 unspecified atom stereocenters. The van der Waals surface area contributed by atoms with Gasteiger partial charge in [0.05, 0.1) is 12.6 Å². The Morgan fingerprint density at radius 1 is 1.56 bits per heavy atom. The van der Waals surface area contributed by atoms with E-state index in [0.29, 0.717) is 12.2 Å². The van der Waals surface area contributed by atoms with E-state index in [-0.39, 0.29) is 11.9 Å². The number of aryl methyl sites for hydroxylation is 1. The van der Waals surface area contributed by atoms with Crippen molar-refractivity contribution in [3.05, 3.63) is 23.4 Å². The Kier molecular flexibility index (Phi) is 5.09. The molecular formula is C13H22N4O. The third kappa shape index (κ3) is 3.43. The van der Waals surface area contributed by atoms with Crippen molar-refractivity contribution in [1.82, 2.24) is 4.98 Å². The van der Waals surface area contributed by atoms with Crippen LogP contribution in [-0.4, -0.2) is 37.1 Å². The van der Waals surface area contributed by atoms with Crippen molar-refractivity contribution < 1.29 is 4.74 Å². The standard InChI is InChI=1S/C13H22N4O/c1-5-17(10(3)8-18-4)12-7-11(13(14)15)6-9(2)16-12/h6-7,10H,5,8H2,1-4H3,(H3,14,15). The zero-order valence-electron chi connectivity index (χ0n) is 11.5. The molecule has 100 valence electrons. The minimum Gasteiger partial charge on any atom is -0.384 e. The minimum atomic E-state index is 0.0668. The van der Waals surface area contributed by atoms with Gasteiger partial charge in [0.25, 0.3) is 0 Å². The molecule has 0 saturated heterocycles. The second-order valence-corrected chi connectivity index (χ2v) is 4.36. The molecular weight excluding hydrogens is 228 g/mol. The zero-order valence-corrected chi connectivity index (χ0v) is 11.5. The molecule has 0 aromatic carbocycles. The summed E-state index contributed by atoms with van der Waals surface area (Å²) in [5.74, 6) is 0.907. The summed E-state index contributed by atoms with van der Waals surface area (Å²) in [5, 5.41) is 7.52. The van der Waals surface area contributed by atoms with Crippen LogP contribution in [0.3, 0.4) is 0 Å². The highest BCUT2D eigenvalue weighted by Gasteiger charge is 2.15. The lowest BCUT2D eigenvalue weighted by atomic mass is 10.2. The number of nitrogens with two attached hydrogens (primary N) is 1. The van der Waals surface area contributed by atoms with Crippen LogP contribution in [0.5, 0.6) is 0 Å². The molecule has 5 nitrogen and oxygen atoms in total. The highest BCUT2D eigenvalue weighted by Crippen LogP contribution is 2.17. The van der Waals surface area contributed by atoms with Crippen molar-refractivity contribution in [3.8, 4) is 0 Å². The summed E-state index contributed by atoms with van der Waals surface area (Å²) in [6.45, 7) is 7.54. The normalized spacial score (nSPS) is 12.2. The molecule has 1 heterocycles. The number of hydrogen-bond donors (Lipinski definition) is 2. The maximum Gasteiger partial charge on any atom is 0.129 e. The van der Waals surface area contributed by atoms with Crippen LogP contribution in [0.1, 0.15) is 25.1 Å². The second-order valence-electron chi connectivity index (χ2n) is 4.36. The number of aromatic nitrogens is 1. The van der Waals surface area contributed by atoms with Gasteiger partial charge in [-0.15, -0.1) is 0 Å². The molecule has 0 bridgehead atoms. The van der Waals surface area contributed by atoms with Crippen molar-refractivity contribution in [1.29, 1.82) is 5.41 Å². The Morgan fingerprint density at radius 3 is 2.72 bits per heavy atom. The molecule has 18 heavy (non-hydrogen) atoms. The molecule has 1 rings (SSSR count).